The number of benzene rings is 1. The van der Waals surface area contributed by atoms with E-state index in [-0.39, 0.29) is 25.4 Å². The second-order valence-electron chi connectivity index (χ2n) is 5.22. The second kappa shape index (κ2) is 7.28. The predicted octanol–water partition coefficient (Wildman–Crippen LogP) is 1.02. The molecule has 0 spiro atoms. The number of likely N-dealkylation sites (tertiary alicyclic amines) is 1. The van der Waals surface area contributed by atoms with Crippen molar-refractivity contribution in [2.75, 3.05) is 13.1 Å². The third kappa shape index (κ3) is 4.91. The van der Waals surface area contributed by atoms with Gasteiger partial charge in [-0.25, -0.2) is 4.79 Å². The van der Waals surface area contributed by atoms with Crippen molar-refractivity contribution in [1.29, 1.82) is 0 Å². The fourth-order valence-electron chi connectivity index (χ4n) is 2.35. The summed E-state index contributed by atoms with van der Waals surface area (Å²) in [6.07, 6.45) is 0.219. The minimum absolute atomic E-state index is 0. The average molecular weight is 314 g/mol. The van der Waals surface area contributed by atoms with E-state index >= 15 is 0 Å². The molecule has 1 aliphatic heterocycles. The van der Waals surface area contributed by atoms with Crippen molar-refractivity contribution in [2.24, 2.45) is 11.5 Å². The summed E-state index contributed by atoms with van der Waals surface area (Å²) < 4.78 is 5.23. The molecule has 7 heteroatoms. The molecular formula is C14H20ClN3O3. The van der Waals surface area contributed by atoms with Crippen molar-refractivity contribution in [2.45, 2.75) is 25.0 Å². The van der Waals surface area contributed by atoms with E-state index in [4.69, 9.17) is 16.2 Å². The Bertz CT molecular complexity index is 497. The Balaban J connectivity index is 0.00000220. The molecule has 1 aromatic rings. The van der Waals surface area contributed by atoms with E-state index in [0.29, 0.717) is 19.5 Å². The smallest absolute Gasteiger partial charge is 0.410 e. The van der Waals surface area contributed by atoms with Gasteiger partial charge < -0.3 is 21.1 Å². The number of amides is 2. The van der Waals surface area contributed by atoms with Crippen molar-refractivity contribution >= 4 is 24.4 Å². The molecule has 116 valence electrons. The number of rotatable bonds is 4. The van der Waals surface area contributed by atoms with Gasteiger partial charge in [-0.05, 0) is 12.0 Å². The van der Waals surface area contributed by atoms with Crippen LogP contribution in [0.25, 0.3) is 0 Å². The van der Waals surface area contributed by atoms with Crippen LogP contribution in [0.15, 0.2) is 30.3 Å². The number of ether oxygens (including phenoxy) is 1. The summed E-state index contributed by atoms with van der Waals surface area (Å²) in [5.74, 6) is -0.452. The van der Waals surface area contributed by atoms with Crippen LogP contribution in [0.1, 0.15) is 18.4 Å². The van der Waals surface area contributed by atoms with Gasteiger partial charge in [0.1, 0.15) is 6.61 Å². The largest absolute Gasteiger partial charge is 0.445 e. The molecule has 6 nitrogen and oxygen atoms in total. The van der Waals surface area contributed by atoms with E-state index < -0.39 is 17.5 Å². The maximum Gasteiger partial charge on any atom is 0.410 e. The zero-order chi connectivity index (χ0) is 14.6. The Labute approximate surface area is 129 Å². The first-order valence-corrected chi connectivity index (χ1v) is 6.51. The van der Waals surface area contributed by atoms with Gasteiger partial charge in [-0.2, -0.15) is 0 Å². The van der Waals surface area contributed by atoms with E-state index in [1.807, 2.05) is 30.3 Å². The quantitative estimate of drug-likeness (QED) is 0.867. The van der Waals surface area contributed by atoms with Gasteiger partial charge in [-0.3, -0.25) is 4.79 Å². The molecule has 1 heterocycles. The van der Waals surface area contributed by atoms with E-state index in [1.165, 1.54) is 4.90 Å². The lowest BCUT2D eigenvalue weighted by Gasteiger charge is -2.22. The molecule has 0 radical (unpaired) electrons. The molecule has 4 N–H and O–H groups in total. The van der Waals surface area contributed by atoms with Crippen LogP contribution in [0.4, 0.5) is 4.79 Å². The first-order chi connectivity index (χ1) is 9.48. The summed E-state index contributed by atoms with van der Waals surface area (Å²) in [5.41, 5.74) is 11.4. The van der Waals surface area contributed by atoms with E-state index in [9.17, 15) is 9.59 Å². The van der Waals surface area contributed by atoms with E-state index in [1.54, 1.807) is 0 Å². The second-order valence-corrected chi connectivity index (χ2v) is 5.22. The Morgan fingerprint density at radius 2 is 1.95 bits per heavy atom. The van der Waals surface area contributed by atoms with Crippen LogP contribution in [-0.4, -0.2) is 35.5 Å². The fraction of sp³-hybridized carbons (Fsp3) is 0.429. The van der Waals surface area contributed by atoms with E-state index in [2.05, 4.69) is 0 Å². The zero-order valence-electron chi connectivity index (χ0n) is 11.7. The van der Waals surface area contributed by atoms with Crippen molar-refractivity contribution in [3.63, 3.8) is 0 Å². The maximum atomic E-state index is 11.9. The lowest BCUT2D eigenvalue weighted by molar-refractivity contribution is -0.119. The Hall–Kier alpha value is -1.79. The third-order valence-corrected chi connectivity index (χ3v) is 3.37. The van der Waals surface area contributed by atoms with Gasteiger partial charge in [0.2, 0.25) is 5.91 Å². The number of carbonyl (C=O) groups excluding carboxylic acids is 2. The van der Waals surface area contributed by atoms with Gasteiger partial charge in [-0.15, -0.1) is 12.4 Å². The summed E-state index contributed by atoms with van der Waals surface area (Å²) in [4.78, 5) is 24.4. The first kappa shape index (κ1) is 17.3. The van der Waals surface area contributed by atoms with Crippen molar-refractivity contribution in [3.8, 4) is 0 Å². The number of primary amides is 1. The molecule has 1 unspecified atom stereocenters. The fourth-order valence-corrected chi connectivity index (χ4v) is 2.35. The first-order valence-electron chi connectivity index (χ1n) is 6.51. The zero-order valence-corrected chi connectivity index (χ0v) is 12.5. The number of carbonyl (C=O) groups is 2. The van der Waals surface area contributed by atoms with Gasteiger partial charge in [0.05, 0.1) is 0 Å². The summed E-state index contributed by atoms with van der Waals surface area (Å²) in [6.45, 7) is 1.00. The highest BCUT2D eigenvalue weighted by Crippen LogP contribution is 2.22. The van der Waals surface area contributed by atoms with Crippen LogP contribution in [0.2, 0.25) is 0 Å². The molecule has 0 aliphatic carbocycles. The molecule has 0 bridgehead atoms. The number of halogens is 1. The minimum atomic E-state index is -0.725. The molecule has 21 heavy (non-hydrogen) atoms. The Kier molecular flexibility index (Phi) is 5.99. The van der Waals surface area contributed by atoms with Crippen molar-refractivity contribution in [1.82, 2.24) is 4.90 Å². The Morgan fingerprint density at radius 1 is 1.29 bits per heavy atom. The summed E-state index contributed by atoms with van der Waals surface area (Å²) in [6, 6.07) is 9.45. The third-order valence-electron chi connectivity index (χ3n) is 3.37. The van der Waals surface area contributed by atoms with Gasteiger partial charge >= 0.3 is 6.09 Å². The monoisotopic (exact) mass is 313 g/mol. The van der Waals surface area contributed by atoms with Gasteiger partial charge in [0.25, 0.3) is 0 Å². The van der Waals surface area contributed by atoms with E-state index in [0.717, 1.165) is 5.56 Å². The topological polar surface area (TPSA) is 98.6 Å². The lowest BCUT2D eigenvalue weighted by Crippen LogP contribution is -2.46. The molecule has 2 amide bonds. The normalized spacial score (nSPS) is 20.7. The van der Waals surface area contributed by atoms with Crippen LogP contribution in [-0.2, 0) is 16.1 Å². The van der Waals surface area contributed by atoms with Crippen LogP contribution >= 0.6 is 12.4 Å². The molecule has 1 aromatic carbocycles. The molecule has 1 atom stereocenters. The number of nitrogens with zero attached hydrogens (tertiary/aromatic N) is 1. The van der Waals surface area contributed by atoms with Crippen LogP contribution in [0.3, 0.4) is 0 Å². The number of hydrogen-bond acceptors (Lipinski definition) is 4. The predicted molar refractivity (Wildman–Crippen MR) is 80.8 cm³/mol. The van der Waals surface area contributed by atoms with Crippen molar-refractivity contribution < 1.29 is 14.3 Å². The Morgan fingerprint density at radius 3 is 2.57 bits per heavy atom. The summed E-state index contributed by atoms with van der Waals surface area (Å²) in [5, 5.41) is 0. The summed E-state index contributed by atoms with van der Waals surface area (Å²) >= 11 is 0. The molecule has 2 rings (SSSR count). The van der Waals surface area contributed by atoms with Crippen LogP contribution < -0.4 is 11.5 Å². The van der Waals surface area contributed by atoms with Gasteiger partial charge in [-0.1, -0.05) is 30.3 Å². The molecule has 0 saturated carbocycles. The molecule has 1 aliphatic rings. The standard InChI is InChI=1S/C14H19N3O3.ClH/c15-12(18)8-14(16)6-7-17(10-14)13(19)20-9-11-4-2-1-3-5-11;/h1-5H,6-10,16H2,(H2,15,18);1H. The van der Waals surface area contributed by atoms with Crippen LogP contribution in [0, 0.1) is 0 Å². The highest BCUT2D eigenvalue weighted by Gasteiger charge is 2.38. The average Bonchev–Trinajstić information content (AvgIpc) is 2.78. The molecule has 1 saturated heterocycles. The summed E-state index contributed by atoms with van der Waals surface area (Å²) in [7, 11) is 0. The van der Waals surface area contributed by atoms with Gasteiger partial charge in [0.15, 0.2) is 0 Å². The lowest BCUT2D eigenvalue weighted by atomic mass is 9.95. The van der Waals surface area contributed by atoms with Crippen LogP contribution in [0.5, 0.6) is 0 Å². The molecule has 1 fully saturated rings. The van der Waals surface area contributed by atoms with Gasteiger partial charge in [0, 0.05) is 25.0 Å². The highest BCUT2D eigenvalue weighted by molar-refractivity contribution is 5.85. The number of hydrogen-bond donors (Lipinski definition) is 2. The highest BCUT2D eigenvalue weighted by atomic mass is 35.5. The SMILES string of the molecule is Cl.NC(=O)CC1(N)CCN(C(=O)OCc2ccccc2)C1. The maximum absolute atomic E-state index is 11.9. The molecule has 0 aromatic heterocycles. The number of nitrogens with two attached hydrogens (primary N) is 2. The molecular weight excluding hydrogens is 294 g/mol. The van der Waals surface area contributed by atoms with Crippen molar-refractivity contribution in [3.05, 3.63) is 35.9 Å². The minimum Gasteiger partial charge on any atom is -0.445 e.